The molecule has 0 saturated carbocycles. The van der Waals surface area contributed by atoms with Crippen molar-refractivity contribution in [3.05, 3.63) is 36.3 Å². The van der Waals surface area contributed by atoms with E-state index < -0.39 is 5.60 Å². The molecule has 0 radical (unpaired) electrons. The standard InChI is InChI=1S/C19H29N5O3/c1-6-7-15-10-21-16(12-23(15)18(25)27-19(2,3)4)17(8-20)24-11-14(9-22-24)13-26-5/h6-9,11,15H,10,12-13,20H2,1-5H3/b7-6+,17-8?/t15-/m0/s1. The summed E-state index contributed by atoms with van der Waals surface area (Å²) in [6.07, 6.45) is 8.47. The van der Waals surface area contributed by atoms with Crippen LogP contribution in [-0.2, 0) is 16.1 Å². The normalized spacial score (nSPS) is 18.7. The summed E-state index contributed by atoms with van der Waals surface area (Å²) in [4.78, 5) is 19.0. The van der Waals surface area contributed by atoms with E-state index in [1.165, 1.54) is 6.20 Å². The SMILES string of the molecule is C/C=C/[C@H]1CN=C(C(=CN)n2cc(COC)cn2)CN1C(=O)OC(C)(C)C. The fraction of sp³-hybridized carbons (Fsp3) is 0.526. The predicted octanol–water partition coefficient (Wildman–Crippen LogP) is 2.42. The maximum atomic E-state index is 12.7. The molecule has 2 N–H and O–H groups in total. The Morgan fingerprint density at radius 1 is 1.44 bits per heavy atom. The molecule has 1 aliphatic heterocycles. The highest BCUT2D eigenvalue weighted by Crippen LogP contribution is 2.19. The molecular formula is C19H29N5O3. The minimum atomic E-state index is -0.574. The molecule has 0 saturated heterocycles. The highest BCUT2D eigenvalue weighted by molar-refractivity contribution is 6.20. The summed E-state index contributed by atoms with van der Waals surface area (Å²) in [6.45, 7) is 8.63. The molecule has 148 valence electrons. The second kappa shape index (κ2) is 8.85. The Morgan fingerprint density at radius 3 is 2.78 bits per heavy atom. The van der Waals surface area contributed by atoms with Crippen molar-refractivity contribution < 1.29 is 14.3 Å². The molecule has 1 atom stereocenters. The third-order valence-corrected chi connectivity index (χ3v) is 3.88. The zero-order valence-corrected chi connectivity index (χ0v) is 16.7. The maximum Gasteiger partial charge on any atom is 0.411 e. The molecule has 0 spiro atoms. The van der Waals surface area contributed by atoms with Gasteiger partial charge in [-0.25, -0.2) is 9.48 Å². The Morgan fingerprint density at radius 2 is 2.19 bits per heavy atom. The van der Waals surface area contributed by atoms with Crippen molar-refractivity contribution in [1.82, 2.24) is 14.7 Å². The average molecular weight is 375 g/mol. The number of ether oxygens (including phenoxy) is 2. The van der Waals surface area contributed by atoms with Crippen LogP contribution in [-0.4, -0.2) is 58.3 Å². The zero-order chi connectivity index (χ0) is 20.0. The number of rotatable bonds is 5. The van der Waals surface area contributed by atoms with Gasteiger partial charge in [0.2, 0.25) is 0 Å². The first-order chi connectivity index (χ1) is 12.8. The number of aromatic nitrogens is 2. The van der Waals surface area contributed by atoms with Crippen LogP contribution in [0.3, 0.4) is 0 Å². The molecule has 1 aromatic heterocycles. The van der Waals surface area contributed by atoms with E-state index in [2.05, 4.69) is 10.1 Å². The van der Waals surface area contributed by atoms with Crippen LogP contribution < -0.4 is 5.73 Å². The van der Waals surface area contributed by atoms with E-state index in [1.54, 1.807) is 22.9 Å². The van der Waals surface area contributed by atoms with Crippen LogP contribution in [0.2, 0.25) is 0 Å². The molecule has 2 rings (SSSR count). The van der Waals surface area contributed by atoms with E-state index in [9.17, 15) is 4.79 Å². The molecular weight excluding hydrogens is 346 g/mol. The van der Waals surface area contributed by atoms with Crippen molar-refractivity contribution in [1.29, 1.82) is 0 Å². The fourth-order valence-electron chi connectivity index (χ4n) is 2.74. The van der Waals surface area contributed by atoms with Crippen molar-refractivity contribution in [2.45, 2.75) is 45.9 Å². The number of methoxy groups -OCH3 is 1. The van der Waals surface area contributed by atoms with Crippen LogP contribution in [0.1, 0.15) is 33.3 Å². The van der Waals surface area contributed by atoms with Crippen LogP contribution in [0.5, 0.6) is 0 Å². The topological polar surface area (TPSA) is 95.0 Å². The molecule has 8 heteroatoms. The van der Waals surface area contributed by atoms with Gasteiger partial charge in [-0.15, -0.1) is 0 Å². The van der Waals surface area contributed by atoms with E-state index >= 15 is 0 Å². The third-order valence-electron chi connectivity index (χ3n) is 3.88. The summed E-state index contributed by atoms with van der Waals surface area (Å²) < 4.78 is 12.3. The molecule has 1 aromatic rings. The first-order valence-corrected chi connectivity index (χ1v) is 8.90. The Bertz CT molecular complexity index is 743. The van der Waals surface area contributed by atoms with Crippen LogP contribution in [0.15, 0.2) is 35.7 Å². The Hall–Kier alpha value is -2.61. The highest BCUT2D eigenvalue weighted by atomic mass is 16.6. The smallest absolute Gasteiger partial charge is 0.411 e. The van der Waals surface area contributed by atoms with E-state index in [-0.39, 0.29) is 18.7 Å². The molecule has 1 amide bonds. The van der Waals surface area contributed by atoms with Gasteiger partial charge in [0.05, 0.1) is 37.6 Å². The van der Waals surface area contributed by atoms with Crippen LogP contribution in [0, 0.1) is 0 Å². The van der Waals surface area contributed by atoms with Gasteiger partial charge in [-0.1, -0.05) is 12.2 Å². The van der Waals surface area contributed by atoms with Crippen molar-refractivity contribution in [2.75, 3.05) is 20.2 Å². The number of nitrogens with zero attached hydrogens (tertiary/aromatic N) is 4. The average Bonchev–Trinajstić information content (AvgIpc) is 3.04. The van der Waals surface area contributed by atoms with Crippen molar-refractivity contribution in [3.8, 4) is 0 Å². The van der Waals surface area contributed by atoms with Crippen LogP contribution in [0.4, 0.5) is 4.79 Å². The number of allylic oxidation sites excluding steroid dienone is 1. The van der Waals surface area contributed by atoms with Gasteiger partial charge in [0.1, 0.15) is 11.3 Å². The summed E-state index contributed by atoms with van der Waals surface area (Å²) in [5, 5.41) is 4.32. The quantitative estimate of drug-likeness (QED) is 0.798. The molecule has 1 aliphatic rings. The lowest BCUT2D eigenvalue weighted by Gasteiger charge is -2.35. The lowest BCUT2D eigenvalue weighted by molar-refractivity contribution is 0.0230. The zero-order valence-electron chi connectivity index (χ0n) is 16.7. The second-order valence-electron chi connectivity index (χ2n) is 7.27. The van der Waals surface area contributed by atoms with E-state index in [4.69, 9.17) is 15.2 Å². The Kier molecular flexibility index (Phi) is 6.79. The van der Waals surface area contributed by atoms with Crippen LogP contribution >= 0.6 is 0 Å². The van der Waals surface area contributed by atoms with Gasteiger partial charge in [-0.3, -0.25) is 9.89 Å². The lowest BCUT2D eigenvalue weighted by Crippen LogP contribution is -2.49. The lowest BCUT2D eigenvalue weighted by atomic mass is 10.1. The monoisotopic (exact) mass is 375 g/mol. The van der Waals surface area contributed by atoms with Gasteiger partial charge in [0, 0.05) is 25.1 Å². The van der Waals surface area contributed by atoms with Gasteiger partial charge in [-0.05, 0) is 27.7 Å². The molecule has 2 heterocycles. The predicted molar refractivity (Wildman–Crippen MR) is 105 cm³/mol. The number of amides is 1. The number of carbonyl (C=O) groups excluding carboxylic acids is 1. The van der Waals surface area contributed by atoms with E-state index in [0.29, 0.717) is 24.6 Å². The third kappa shape index (κ3) is 5.43. The summed E-state index contributed by atoms with van der Waals surface area (Å²) in [5.41, 5.74) is 7.51. The minimum Gasteiger partial charge on any atom is -0.444 e. The molecule has 0 fully saturated rings. The summed E-state index contributed by atoms with van der Waals surface area (Å²) in [6, 6.07) is -0.158. The highest BCUT2D eigenvalue weighted by Gasteiger charge is 2.32. The molecule has 0 bridgehead atoms. The Labute approximate surface area is 160 Å². The fourth-order valence-corrected chi connectivity index (χ4v) is 2.74. The number of carbonyl (C=O) groups is 1. The largest absolute Gasteiger partial charge is 0.444 e. The molecule has 27 heavy (non-hydrogen) atoms. The van der Waals surface area contributed by atoms with Crippen LogP contribution in [0.25, 0.3) is 5.70 Å². The first kappa shape index (κ1) is 20.7. The van der Waals surface area contributed by atoms with Gasteiger partial charge in [-0.2, -0.15) is 5.10 Å². The van der Waals surface area contributed by atoms with Gasteiger partial charge < -0.3 is 15.2 Å². The molecule has 0 aromatic carbocycles. The van der Waals surface area contributed by atoms with Crippen molar-refractivity contribution >= 4 is 17.5 Å². The number of nitrogens with two attached hydrogens (primary N) is 1. The van der Waals surface area contributed by atoms with Gasteiger partial charge in [0.25, 0.3) is 0 Å². The molecule has 8 nitrogen and oxygen atoms in total. The first-order valence-electron chi connectivity index (χ1n) is 8.90. The van der Waals surface area contributed by atoms with Gasteiger partial charge in [0.15, 0.2) is 0 Å². The molecule has 0 unspecified atom stereocenters. The number of aliphatic imine (C=N–C) groups is 1. The van der Waals surface area contributed by atoms with Crippen molar-refractivity contribution in [3.63, 3.8) is 0 Å². The Balaban J connectivity index is 2.27. The summed E-state index contributed by atoms with van der Waals surface area (Å²) in [5.74, 6) is 0. The number of hydrogen-bond acceptors (Lipinski definition) is 6. The summed E-state index contributed by atoms with van der Waals surface area (Å²) in [7, 11) is 1.63. The maximum absolute atomic E-state index is 12.7. The van der Waals surface area contributed by atoms with Gasteiger partial charge >= 0.3 is 6.09 Å². The van der Waals surface area contributed by atoms with Crippen molar-refractivity contribution in [2.24, 2.45) is 10.7 Å². The second-order valence-corrected chi connectivity index (χ2v) is 7.27. The molecule has 0 aliphatic carbocycles. The minimum absolute atomic E-state index is 0.158. The van der Waals surface area contributed by atoms with E-state index in [1.807, 2.05) is 46.0 Å². The van der Waals surface area contributed by atoms with E-state index in [0.717, 1.165) is 5.56 Å². The number of hydrogen-bond donors (Lipinski definition) is 1. The summed E-state index contributed by atoms with van der Waals surface area (Å²) >= 11 is 0.